The molecule has 2 aromatic rings. The van der Waals surface area contributed by atoms with E-state index in [-0.39, 0.29) is 23.1 Å². The Hall–Kier alpha value is -1.82. The molecule has 0 spiro atoms. The fourth-order valence-electron chi connectivity index (χ4n) is 2.66. The highest BCUT2D eigenvalue weighted by atomic mass is 32.2. The Morgan fingerprint density at radius 1 is 1.30 bits per heavy atom. The van der Waals surface area contributed by atoms with E-state index in [4.69, 9.17) is 4.42 Å². The second-order valence-electron chi connectivity index (χ2n) is 5.46. The molecule has 1 fully saturated rings. The molecule has 122 valence electrons. The van der Waals surface area contributed by atoms with Gasteiger partial charge < -0.3 is 9.32 Å². The second kappa shape index (κ2) is 7.17. The van der Waals surface area contributed by atoms with Crippen molar-refractivity contribution in [1.82, 2.24) is 4.90 Å². The van der Waals surface area contributed by atoms with Crippen LogP contribution < -0.4 is 0 Å². The third kappa shape index (κ3) is 3.93. The van der Waals surface area contributed by atoms with Crippen LogP contribution in [0.4, 0.5) is 8.78 Å². The van der Waals surface area contributed by atoms with Crippen molar-refractivity contribution >= 4 is 17.7 Å². The van der Waals surface area contributed by atoms with Crippen molar-refractivity contribution in [2.45, 2.75) is 18.1 Å². The van der Waals surface area contributed by atoms with E-state index in [1.165, 1.54) is 12.1 Å². The number of carbonyl (C=O) groups is 1. The second-order valence-corrected chi connectivity index (χ2v) is 6.77. The summed E-state index contributed by atoms with van der Waals surface area (Å²) in [6.45, 7) is 1.24. The molecule has 1 aromatic heterocycles. The van der Waals surface area contributed by atoms with Gasteiger partial charge in [-0.3, -0.25) is 4.79 Å². The summed E-state index contributed by atoms with van der Waals surface area (Å²) < 4.78 is 32.0. The van der Waals surface area contributed by atoms with Crippen LogP contribution in [0, 0.1) is 11.6 Å². The highest BCUT2D eigenvalue weighted by Crippen LogP contribution is 2.34. The average molecular weight is 337 g/mol. The summed E-state index contributed by atoms with van der Waals surface area (Å²) in [6, 6.07) is 7.13. The van der Waals surface area contributed by atoms with Crippen LogP contribution in [0.2, 0.25) is 0 Å². The minimum absolute atomic E-state index is 0.0395. The van der Waals surface area contributed by atoms with Crippen LogP contribution >= 0.6 is 11.8 Å². The lowest BCUT2D eigenvalue weighted by molar-refractivity contribution is -0.130. The number of thioether (sulfide) groups is 1. The fourth-order valence-corrected chi connectivity index (χ4v) is 3.84. The number of carbonyl (C=O) groups excluding carboxylic acids is 1. The standard InChI is InChI=1S/C17H17F2NO2S/c18-13-4-3-12(14(19)11-13)10-17(21)20-6-5-16(23-9-7-20)15-2-1-8-22-15/h1-4,8,11,16H,5-7,9-10H2/t16-/m1/s1. The molecule has 6 heteroatoms. The smallest absolute Gasteiger partial charge is 0.227 e. The molecule has 0 bridgehead atoms. The van der Waals surface area contributed by atoms with Gasteiger partial charge in [0, 0.05) is 24.9 Å². The van der Waals surface area contributed by atoms with Crippen LogP contribution in [0.5, 0.6) is 0 Å². The van der Waals surface area contributed by atoms with Crippen LogP contribution in [0.1, 0.15) is 23.0 Å². The Morgan fingerprint density at radius 2 is 2.17 bits per heavy atom. The Balaban J connectivity index is 1.61. The molecule has 2 heterocycles. The van der Waals surface area contributed by atoms with E-state index in [0.29, 0.717) is 13.1 Å². The van der Waals surface area contributed by atoms with Crippen molar-refractivity contribution in [3.63, 3.8) is 0 Å². The molecule has 1 aromatic carbocycles. The SMILES string of the molecule is O=C(Cc1ccc(F)cc1F)N1CCS[C@@H](c2ccco2)CC1. The number of nitrogens with zero attached hydrogens (tertiary/aromatic N) is 1. The van der Waals surface area contributed by atoms with Gasteiger partial charge in [0.1, 0.15) is 17.4 Å². The predicted molar refractivity (Wildman–Crippen MR) is 85.2 cm³/mol. The van der Waals surface area contributed by atoms with Gasteiger partial charge in [0.15, 0.2) is 0 Å². The van der Waals surface area contributed by atoms with Crippen LogP contribution in [-0.2, 0) is 11.2 Å². The van der Waals surface area contributed by atoms with Crippen LogP contribution in [0.25, 0.3) is 0 Å². The van der Waals surface area contributed by atoms with Crippen LogP contribution in [-0.4, -0.2) is 29.6 Å². The summed E-state index contributed by atoms with van der Waals surface area (Å²) in [6.07, 6.45) is 2.42. The summed E-state index contributed by atoms with van der Waals surface area (Å²) in [5.41, 5.74) is 0.232. The summed E-state index contributed by atoms with van der Waals surface area (Å²) in [4.78, 5) is 14.1. The van der Waals surface area contributed by atoms with E-state index in [0.717, 1.165) is 24.0 Å². The number of rotatable bonds is 3. The first-order chi connectivity index (χ1) is 11.1. The first-order valence-corrected chi connectivity index (χ1v) is 8.55. The topological polar surface area (TPSA) is 33.5 Å². The molecular formula is C17H17F2NO2S. The van der Waals surface area contributed by atoms with Gasteiger partial charge in [0.25, 0.3) is 0 Å². The van der Waals surface area contributed by atoms with Crippen molar-refractivity contribution in [1.29, 1.82) is 0 Å². The number of halogens is 2. The van der Waals surface area contributed by atoms with Gasteiger partial charge in [-0.1, -0.05) is 6.07 Å². The molecule has 1 amide bonds. The molecule has 3 nitrogen and oxygen atoms in total. The van der Waals surface area contributed by atoms with Crippen LogP contribution in [0.15, 0.2) is 41.0 Å². The molecule has 0 saturated carbocycles. The van der Waals surface area contributed by atoms with Crippen molar-refractivity contribution in [3.8, 4) is 0 Å². The molecule has 0 N–H and O–H groups in total. The number of amides is 1. The minimum Gasteiger partial charge on any atom is -0.468 e. The molecule has 1 atom stereocenters. The molecule has 0 aliphatic carbocycles. The number of benzene rings is 1. The largest absolute Gasteiger partial charge is 0.468 e. The Kier molecular flexibility index (Phi) is 5.00. The zero-order valence-electron chi connectivity index (χ0n) is 12.5. The lowest BCUT2D eigenvalue weighted by atomic mass is 10.1. The van der Waals surface area contributed by atoms with E-state index in [1.54, 1.807) is 22.9 Å². The fraction of sp³-hybridized carbons (Fsp3) is 0.353. The van der Waals surface area contributed by atoms with Crippen molar-refractivity contribution in [2.75, 3.05) is 18.8 Å². The Bertz CT molecular complexity index is 675. The van der Waals surface area contributed by atoms with Gasteiger partial charge in [-0.05, 0) is 30.2 Å². The van der Waals surface area contributed by atoms with Gasteiger partial charge in [-0.15, -0.1) is 11.8 Å². The number of hydrogen-bond donors (Lipinski definition) is 0. The molecular weight excluding hydrogens is 320 g/mol. The minimum atomic E-state index is -0.670. The lowest BCUT2D eigenvalue weighted by Gasteiger charge is -2.20. The van der Waals surface area contributed by atoms with E-state index in [2.05, 4.69) is 0 Å². The monoisotopic (exact) mass is 337 g/mol. The maximum absolute atomic E-state index is 13.7. The highest BCUT2D eigenvalue weighted by molar-refractivity contribution is 7.99. The maximum Gasteiger partial charge on any atom is 0.227 e. The first kappa shape index (κ1) is 16.1. The normalized spacial score (nSPS) is 18.7. The van der Waals surface area contributed by atoms with Crippen molar-refractivity contribution < 1.29 is 18.0 Å². The third-order valence-corrected chi connectivity index (χ3v) is 5.20. The summed E-state index contributed by atoms with van der Waals surface area (Å²) in [7, 11) is 0. The zero-order chi connectivity index (χ0) is 16.2. The highest BCUT2D eigenvalue weighted by Gasteiger charge is 2.24. The van der Waals surface area contributed by atoms with E-state index < -0.39 is 11.6 Å². The van der Waals surface area contributed by atoms with E-state index in [9.17, 15) is 13.6 Å². The zero-order valence-corrected chi connectivity index (χ0v) is 13.3. The summed E-state index contributed by atoms with van der Waals surface area (Å²) >= 11 is 1.76. The number of hydrogen-bond acceptors (Lipinski definition) is 3. The Morgan fingerprint density at radius 3 is 2.91 bits per heavy atom. The van der Waals surface area contributed by atoms with Crippen LogP contribution in [0.3, 0.4) is 0 Å². The van der Waals surface area contributed by atoms with Crippen molar-refractivity contribution in [3.05, 3.63) is 59.6 Å². The maximum atomic E-state index is 13.7. The molecule has 1 aliphatic rings. The summed E-state index contributed by atoms with van der Waals surface area (Å²) in [5, 5.41) is 0.241. The lowest BCUT2D eigenvalue weighted by Crippen LogP contribution is -2.34. The molecule has 1 aliphatic heterocycles. The average Bonchev–Trinajstić information content (AvgIpc) is 2.94. The molecule has 3 rings (SSSR count). The van der Waals surface area contributed by atoms with E-state index >= 15 is 0 Å². The van der Waals surface area contributed by atoms with Gasteiger partial charge in [-0.25, -0.2) is 8.78 Å². The quantitative estimate of drug-likeness (QED) is 0.854. The van der Waals surface area contributed by atoms with Gasteiger partial charge in [0.05, 0.1) is 17.9 Å². The summed E-state index contributed by atoms with van der Waals surface area (Å²) in [5.74, 6) is 0.301. The molecule has 1 saturated heterocycles. The van der Waals surface area contributed by atoms with Crippen molar-refractivity contribution in [2.24, 2.45) is 0 Å². The predicted octanol–water partition coefficient (Wildman–Crippen LogP) is 3.81. The molecule has 0 unspecified atom stereocenters. The van der Waals surface area contributed by atoms with Gasteiger partial charge in [0.2, 0.25) is 5.91 Å². The van der Waals surface area contributed by atoms with Gasteiger partial charge in [-0.2, -0.15) is 0 Å². The number of furan rings is 1. The third-order valence-electron chi connectivity index (χ3n) is 3.91. The van der Waals surface area contributed by atoms with E-state index in [1.807, 2.05) is 12.1 Å². The first-order valence-electron chi connectivity index (χ1n) is 7.50. The molecule has 0 radical (unpaired) electrons. The molecule has 23 heavy (non-hydrogen) atoms. The van der Waals surface area contributed by atoms with Gasteiger partial charge >= 0.3 is 0 Å². The Labute approximate surface area is 137 Å².